The first-order chi connectivity index (χ1) is 15.8. The molecule has 1 aromatic carbocycles. The van der Waals surface area contributed by atoms with Gasteiger partial charge >= 0.3 is 4.83 Å². The maximum atomic E-state index is 14.2. The minimum absolute atomic E-state index is 0.0157. The molecule has 1 heterocycles. The van der Waals surface area contributed by atoms with Crippen molar-refractivity contribution in [1.82, 2.24) is 0 Å². The van der Waals surface area contributed by atoms with Crippen LogP contribution in [0, 0.1) is 29.4 Å². The van der Waals surface area contributed by atoms with E-state index in [4.69, 9.17) is 14.2 Å². The Morgan fingerprint density at radius 1 is 0.879 bits per heavy atom. The van der Waals surface area contributed by atoms with Gasteiger partial charge in [0.15, 0.2) is 6.29 Å². The van der Waals surface area contributed by atoms with E-state index in [2.05, 4.69) is 15.9 Å². The normalized spacial score (nSPS) is 33.8. The van der Waals surface area contributed by atoms with Crippen molar-refractivity contribution in [2.75, 3.05) is 19.8 Å². The Labute approximate surface area is 201 Å². The Morgan fingerprint density at radius 3 is 1.85 bits per heavy atom. The number of alkyl halides is 3. The number of hydrogen-bond acceptors (Lipinski definition) is 3. The maximum Gasteiger partial charge on any atom is 0.332 e. The van der Waals surface area contributed by atoms with Crippen molar-refractivity contribution in [2.45, 2.75) is 81.4 Å². The molecule has 0 radical (unpaired) electrons. The molecule has 0 unspecified atom stereocenters. The number of rotatable bonds is 6. The summed E-state index contributed by atoms with van der Waals surface area (Å²) in [5.41, 5.74) is -0.722. The Bertz CT molecular complexity index is 755. The van der Waals surface area contributed by atoms with E-state index < -0.39 is 22.0 Å². The SMILES string of the molecule is CCOC1COC(C2CCC(C3CCC(c4cc(F)c(C(F)(F)Br)c(F)c4)CC3)CC2)OC1. The minimum Gasteiger partial charge on any atom is -0.374 e. The molecule has 8 heteroatoms. The van der Waals surface area contributed by atoms with Crippen molar-refractivity contribution in [3.8, 4) is 0 Å². The second-order valence-corrected chi connectivity index (χ2v) is 10.8. The van der Waals surface area contributed by atoms with Gasteiger partial charge in [0.25, 0.3) is 0 Å². The van der Waals surface area contributed by atoms with E-state index in [1.54, 1.807) is 0 Å². The summed E-state index contributed by atoms with van der Waals surface area (Å²) in [6, 6.07) is 2.17. The van der Waals surface area contributed by atoms with E-state index in [1.807, 2.05) is 6.92 Å². The summed E-state index contributed by atoms with van der Waals surface area (Å²) < 4.78 is 72.6. The van der Waals surface area contributed by atoms with Gasteiger partial charge in [-0.05, 0) is 110 Å². The topological polar surface area (TPSA) is 27.7 Å². The van der Waals surface area contributed by atoms with Crippen LogP contribution in [0.25, 0.3) is 0 Å². The molecule has 0 bridgehead atoms. The molecule has 1 aliphatic heterocycles. The quantitative estimate of drug-likeness (QED) is 0.282. The zero-order chi connectivity index (χ0) is 23.6. The van der Waals surface area contributed by atoms with Crippen LogP contribution >= 0.6 is 15.9 Å². The van der Waals surface area contributed by atoms with Crippen molar-refractivity contribution >= 4 is 15.9 Å². The molecule has 0 spiro atoms. The molecule has 33 heavy (non-hydrogen) atoms. The van der Waals surface area contributed by atoms with Crippen LogP contribution < -0.4 is 0 Å². The molecule has 2 aliphatic carbocycles. The maximum absolute atomic E-state index is 14.2. The molecular formula is C25H33BrF4O3. The summed E-state index contributed by atoms with van der Waals surface area (Å²) in [4.78, 5) is -3.71. The second-order valence-electron chi connectivity index (χ2n) is 9.76. The molecule has 0 aromatic heterocycles. The highest BCUT2D eigenvalue weighted by molar-refractivity contribution is 9.09. The zero-order valence-electron chi connectivity index (χ0n) is 19.0. The third kappa shape index (κ3) is 6.11. The van der Waals surface area contributed by atoms with Gasteiger partial charge in [-0.2, -0.15) is 8.78 Å². The van der Waals surface area contributed by atoms with Gasteiger partial charge in [-0.25, -0.2) is 8.78 Å². The van der Waals surface area contributed by atoms with E-state index in [0.29, 0.717) is 43.1 Å². The summed E-state index contributed by atoms with van der Waals surface area (Å²) in [5, 5.41) is 0. The van der Waals surface area contributed by atoms with Crippen LogP contribution in [0.15, 0.2) is 12.1 Å². The molecular weight excluding hydrogens is 504 g/mol. The standard InChI is InChI=1S/C25H33BrF4O3/c1-2-31-20-13-32-24(33-14-20)18-9-7-16(8-10-18)15-3-5-17(6-4-15)19-11-21(27)23(22(28)12-19)25(26,29)30/h11-12,15-18,20,24H,2-10,13-14H2,1H3. The lowest BCUT2D eigenvalue weighted by molar-refractivity contribution is -0.249. The Kier molecular flexibility index (Phi) is 8.40. The highest BCUT2D eigenvalue weighted by Crippen LogP contribution is 2.46. The monoisotopic (exact) mass is 536 g/mol. The van der Waals surface area contributed by atoms with Crippen LogP contribution in [0.2, 0.25) is 0 Å². The molecule has 0 N–H and O–H groups in total. The first-order valence-electron chi connectivity index (χ1n) is 12.2. The molecule has 0 atom stereocenters. The predicted molar refractivity (Wildman–Crippen MR) is 120 cm³/mol. The van der Waals surface area contributed by atoms with E-state index >= 15 is 0 Å². The molecule has 186 valence electrons. The molecule has 0 amide bonds. The van der Waals surface area contributed by atoms with E-state index in [0.717, 1.165) is 63.5 Å². The van der Waals surface area contributed by atoms with Gasteiger partial charge in [0.2, 0.25) is 0 Å². The predicted octanol–water partition coefficient (Wildman–Crippen LogP) is 7.27. The summed E-state index contributed by atoms with van der Waals surface area (Å²) in [7, 11) is 0. The number of benzene rings is 1. The van der Waals surface area contributed by atoms with Gasteiger partial charge in [0.1, 0.15) is 23.3 Å². The van der Waals surface area contributed by atoms with Gasteiger partial charge in [0.05, 0.1) is 13.2 Å². The van der Waals surface area contributed by atoms with Crippen molar-refractivity contribution in [2.24, 2.45) is 17.8 Å². The summed E-state index contributed by atoms with van der Waals surface area (Å²) in [6.07, 6.45) is 8.07. The molecule has 1 saturated heterocycles. The van der Waals surface area contributed by atoms with Gasteiger partial charge in [0, 0.05) is 12.5 Å². The smallest absolute Gasteiger partial charge is 0.332 e. The average Bonchev–Trinajstić information content (AvgIpc) is 2.79. The zero-order valence-corrected chi connectivity index (χ0v) is 20.6. The van der Waals surface area contributed by atoms with Crippen LogP contribution in [0.3, 0.4) is 0 Å². The Balaban J connectivity index is 1.25. The first-order valence-corrected chi connectivity index (χ1v) is 13.0. The van der Waals surface area contributed by atoms with Crippen LogP contribution in [-0.4, -0.2) is 32.2 Å². The van der Waals surface area contributed by atoms with Crippen LogP contribution in [0.5, 0.6) is 0 Å². The molecule has 1 aromatic rings. The Morgan fingerprint density at radius 2 is 1.36 bits per heavy atom. The molecule has 3 aliphatic rings. The van der Waals surface area contributed by atoms with Crippen LogP contribution in [-0.2, 0) is 19.0 Å². The fourth-order valence-electron chi connectivity index (χ4n) is 6.02. The highest BCUT2D eigenvalue weighted by Gasteiger charge is 2.38. The summed E-state index contributed by atoms with van der Waals surface area (Å²) in [6.45, 7) is 3.83. The van der Waals surface area contributed by atoms with Gasteiger partial charge in [-0.3, -0.25) is 0 Å². The lowest BCUT2D eigenvalue weighted by atomic mass is 9.68. The van der Waals surface area contributed by atoms with Gasteiger partial charge < -0.3 is 14.2 Å². The number of ether oxygens (including phenoxy) is 3. The highest BCUT2D eigenvalue weighted by atomic mass is 79.9. The van der Waals surface area contributed by atoms with Crippen molar-refractivity contribution < 1.29 is 31.8 Å². The third-order valence-electron chi connectivity index (χ3n) is 7.75. The average molecular weight is 537 g/mol. The lowest BCUT2D eigenvalue weighted by Crippen LogP contribution is -2.42. The van der Waals surface area contributed by atoms with Crippen molar-refractivity contribution in [3.05, 3.63) is 34.9 Å². The second kappa shape index (κ2) is 10.9. The fourth-order valence-corrected chi connectivity index (χ4v) is 6.40. The van der Waals surface area contributed by atoms with Gasteiger partial charge in [-0.15, -0.1) is 0 Å². The molecule has 2 saturated carbocycles. The van der Waals surface area contributed by atoms with Crippen LogP contribution in [0.1, 0.15) is 75.3 Å². The van der Waals surface area contributed by atoms with Gasteiger partial charge in [-0.1, -0.05) is 0 Å². The molecule has 4 rings (SSSR count). The third-order valence-corrected chi connectivity index (χ3v) is 8.15. The Hall–Kier alpha value is -0.700. The van der Waals surface area contributed by atoms with E-state index in [1.165, 1.54) is 0 Å². The minimum atomic E-state index is -3.71. The number of halogens is 5. The van der Waals surface area contributed by atoms with Crippen molar-refractivity contribution in [1.29, 1.82) is 0 Å². The first kappa shape index (κ1) is 25.4. The van der Waals surface area contributed by atoms with Crippen LogP contribution in [0.4, 0.5) is 17.6 Å². The fraction of sp³-hybridized carbons (Fsp3) is 0.760. The molecule has 3 fully saturated rings. The summed E-state index contributed by atoms with van der Waals surface area (Å²) in [5.74, 6) is -0.665. The molecule has 3 nitrogen and oxygen atoms in total. The number of hydrogen-bond donors (Lipinski definition) is 0. The van der Waals surface area contributed by atoms with E-state index in [9.17, 15) is 17.6 Å². The van der Waals surface area contributed by atoms with E-state index in [-0.39, 0.29) is 18.3 Å². The largest absolute Gasteiger partial charge is 0.374 e. The lowest BCUT2D eigenvalue weighted by Gasteiger charge is -2.41. The summed E-state index contributed by atoms with van der Waals surface area (Å²) >= 11 is 2.06. The van der Waals surface area contributed by atoms with Crippen molar-refractivity contribution in [3.63, 3.8) is 0 Å².